The molecule has 1 aromatic heterocycles. The lowest BCUT2D eigenvalue weighted by atomic mass is 9.96. The van der Waals surface area contributed by atoms with Crippen LogP contribution in [0.25, 0.3) is 10.9 Å². The number of nitrogens with two attached hydrogens (primary N) is 1. The van der Waals surface area contributed by atoms with Crippen LogP contribution in [-0.4, -0.2) is 11.6 Å². The van der Waals surface area contributed by atoms with Gasteiger partial charge >= 0.3 is 0 Å². The minimum atomic E-state index is -0.699. The van der Waals surface area contributed by atoms with Crippen molar-refractivity contribution in [1.29, 1.82) is 0 Å². The number of hydrogen-bond donors (Lipinski definition) is 2. The molecular formula is C16H19ClN2O2. The lowest BCUT2D eigenvalue weighted by Crippen LogP contribution is -2.35. The number of H-pyrrole nitrogens is 1. The minimum Gasteiger partial charge on any atom is -0.492 e. The van der Waals surface area contributed by atoms with Crippen molar-refractivity contribution in [3.8, 4) is 5.75 Å². The maximum absolute atomic E-state index is 12.1. The number of nitrogens with one attached hydrogen (secondary N) is 1. The van der Waals surface area contributed by atoms with Gasteiger partial charge in [0.25, 0.3) is 5.56 Å². The average molecular weight is 307 g/mol. The molecule has 4 nitrogen and oxygen atoms in total. The van der Waals surface area contributed by atoms with E-state index in [2.05, 4.69) is 4.98 Å². The van der Waals surface area contributed by atoms with Crippen LogP contribution >= 0.6 is 11.6 Å². The zero-order valence-corrected chi connectivity index (χ0v) is 13.0. The van der Waals surface area contributed by atoms with Gasteiger partial charge in [-0.05, 0) is 44.7 Å². The summed E-state index contributed by atoms with van der Waals surface area (Å²) >= 11 is 6.27. The van der Waals surface area contributed by atoms with Crippen molar-refractivity contribution in [2.75, 3.05) is 6.61 Å². The Balaban J connectivity index is 2.03. The maximum Gasteiger partial charge on any atom is 0.253 e. The Hall–Kier alpha value is -1.52. The first-order valence-electron chi connectivity index (χ1n) is 7.13. The zero-order valence-electron chi connectivity index (χ0n) is 12.2. The van der Waals surface area contributed by atoms with E-state index >= 15 is 0 Å². The monoisotopic (exact) mass is 306 g/mol. The van der Waals surface area contributed by atoms with Crippen LogP contribution < -0.4 is 16.0 Å². The Morgan fingerprint density at radius 2 is 2.10 bits per heavy atom. The summed E-state index contributed by atoms with van der Waals surface area (Å²) < 4.78 is 5.73. The Labute approximate surface area is 128 Å². The second-order valence-corrected chi connectivity index (χ2v) is 6.77. The topological polar surface area (TPSA) is 68.1 Å². The van der Waals surface area contributed by atoms with E-state index in [-0.39, 0.29) is 5.56 Å². The lowest BCUT2D eigenvalue weighted by molar-refractivity contribution is 0.300. The van der Waals surface area contributed by atoms with Gasteiger partial charge in [0, 0.05) is 22.6 Å². The van der Waals surface area contributed by atoms with Gasteiger partial charge in [0.1, 0.15) is 5.75 Å². The molecule has 0 saturated heterocycles. The molecule has 0 atom stereocenters. The van der Waals surface area contributed by atoms with Gasteiger partial charge in [-0.1, -0.05) is 11.6 Å². The van der Waals surface area contributed by atoms with Gasteiger partial charge in [0.05, 0.1) is 17.1 Å². The molecule has 0 aliphatic heterocycles. The van der Waals surface area contributed by atoms with Gasteiger partial charge in [-0.15, -0.1) is 0 Å². The average Bonchev–Trinajstić information content (AvgIpc) is 3.19. The number of fused-ring (bicyclic) bond motifs is 1. The van der Waals surface area contributed by atoms with Crippen LogP contribution in [0.2, 0.25) is 5.02 Å². The number of halogens is 1. The summed E-state index contributed by atoms with van der Waals surface area (Å²) in [6, 6.07) is 5.39. The second kappa shape index (κ2) is 5.04. The highest BCUT2D eigenvalue weighted by molar-refractivity contribution is 6.32. The van der Waals surface area contributed by atoms with Crippen LogP contribution in [0, 0.1) is 5.92 Å². The van der Waals surface area contributed by atoms with Gasteiger partial charge in [0.2, 0.25) is 0 Å². The molecule has 21 heavy (non-hydrogen) atoms. The third-order valence-electron chi connectivity index (χ3n) is 3.76. The predicted octanol–water partition coefficient (Wildman–Crippen LogP) is 3.16. The molecule has 1 saturated carbocycles. The van der Waals surface area contributed by atoms with Crippen LogP contribution in [0.15, 0.2) is 23.0 Å². The summed E-state index contributed by atoms with van der Waals surface area (Å²) in [6.07, 6.45) is 2.44. The molecule has 5 heteroatoms. The molecule has 3 N–H and O–H groups in total. The van der Waals surface area contributed by atoms with Gasteiger partial charge in [-0.3, -0.25) is 4.79 Å². The fraction of sp³-hybridized carbons (Fsp3) is 0.438. The van der Waals surface area contributed by atoms with Crippen molar-refractivity contribution in [3.63, 3.8) is 0 Å². The molecule has 0 radical (unpaired) electrons. The van der Waals surface area contributed by atoms with E-state index in [1.165, 1.54) is 12.8 Å². The molecule has 1 fully saturated rings. The first-order chi connectivity index (χ1) is 9.84. The normalized spacial score (nSPS) is 15.4. The Bertz CT molecular complexity index is 742. The lowest BCUT2D eigenvalue weighted by Gasteiger charge is -2.18. The summed E-state index contributed by atoms with van der Waals surface area (Å²) in [6.45, 7) is 4.29. The number of hydrogen-bond acceptors (Lipinski definition) is 3. The SMILES string of the molecule is CC(C)(N)c1cc2cc(Cl)c(OCC3CC3)cc2[nH]c1=O. The highest BCUT2D eigenvalue weighted by Gasteiger charge is 2.23. The Morgan fingerprint density at radius 1 is 1.38 bits per heavy atom. The third-order valence-corrected chi connectivity index (χ3v) is 4.06. The zero-order chi connectivity index (χ0) is 15.2. The molecule has 0 bridgehead atoms. The standard InChI is InChI=1S/C16H19ClN2O2/c1-16(2,18)11-5-10-6-12(17)14(21-8-9-3-4-9)7-13(10)19-15(11)20/h5-7,9H,3-4,8,18H2,1-2H3,(H,19,20). The first-order valence-corrected chi connectivity index (χ1v) is 7.51. The predicted molar refractivity (Wildman–Crippen MR) is 85.0 cm³/mol. The second-order valence-electron chi connectivity index (χ2n) is 6.36. The van der Waals surface area contributed by atoms with E-state index in [0.29, 0.717) is 34.4 Å². The van der Waals surface area contributed by atoms with Gasteiger partial charge in [0.15, 0.2) is 0 Å². The molecule has 1 heterocycles. The highest BCUT2D eigenvalue weighted by atomic mass is 35.5. The number of aromatic nitrogens is 1. The maximum atomic E-state index is 12.1. The van der Waals surface area contributed by atoms with Crippen LogP contribution in [0.1, 0.15) is 32.3 Å². The smallest absolute Gasteiger partial charge is 0.253 e. The van der Waals surface area contributed by atoms with Crippen molar-refractivity contribution in [3.05, 3.63) is 39.1 Å². The summed E-state index contributed by atoms with van der Waals surface area (Å²) in [5.41, 5.74) is 6.40. The fourth-order valence-electron chi connectivity index (χ4n) is 2.29. The van der Waals surface area contributed by atoms with Crippen molar-refractivity contribution >= 4 is 22.5 Å². The molecule has 0 spiro atoms. The highest BCUT2D eigenvalue weighted by Crippen LogP contribution is 2.33. The summed E-state index contributed by atoms with van der Waals surface area (Å²) in [4.78, 5) is 15.0. The molecule has 112 valence electrons. The van der Waals surface area contributed by atoms with Gasteiger partial charge < -0.3 is 15.5 Å². The molecular weight excluding hydrogens is 288 g/mol. The summed E-state index contributed by atoms with van der Waals surface area (Å²) in [5.74, 6) is 1.27. The minimum absolute atomic E-state index is 0.175. The number of ether oxygens (including phenoxy) is 1. The van der Waals surface area contributed by atoms with E-state index in [4.69, 9.17) is 22.1 Å². The molecule has 2 aromatic rings. The number of pyridine rings is 1. The number of aromatic amines is 1. The van der Waals surface area contributed by atoms with E-state index in [0.717, 1.165) is 5.39 Å². The van der Waals surface area contributed by atoms with Crippen molar-refractivity contribution < 1.29 is 4.74 Å². The molecule has 1 aromatic carbocycles. The van der Waals surface area contributed by atoms with E-state index in [1.807, 2.05) is 6.07 Å². The summed E-state index contributed by atoms with van der Waals surface area (Å²) in [7, 11) is 0. The van der Waals surface area contributed by atoms with Crippen LogP contribution in [0.4, 0.5) is 0 Å². The van der Waals surface area contributed by atoms with Crippen molar-refractivity contribution in [2.24, 2.45) is 11.7 Å². The van der Waals surface area contributed by atoms with E-state index < -0.39 is 5.54 Å². The number of rotatable bonds is 4. The Kier molecular flexibility index (Phi) is 3.46. The third kappa shape index (κ3) is 3.06. The van der Waals surface area contributed by atoms with E-state index in [1.54, 1.807) is 26.0 Å². The fourth-order valence-corrected chi connectivity index (χ4v) is 2.52. The van der Waals surface area contributed by atoms with Crippen LogP contribution in [0.3, 0.4) is 0 Å². The van der Waals surface area contributed by atoms with Crippen molar-refractivity contribution in [2.45, 2.75) is 32.2 Å². The van der Waals surface area contributed by atoms with Gasteiger partial charge in [-0.2, -0.15) is 0 Å². The van der Waals surface area contributed by atoms with Crippen molar-refractivity contribution in [1.82, 2.24) is 4.98 Å². The molecule has 1 aliphatic rings. The summed E-state index contributed by atoms with van der Waals surface area (Å²) in [5, 5.41) is 1.41. The number of benzene rings is 1. The van der Waals surface area contributed by atoms with E-state index in [9.17, 15) is 4.79 Å². The quantitative estimate of drug-likeness (QED) is 0.911. The molecule has 3 rings (SSSR count). The molecule has 0 amide bonds. The van der Waals surface area contributed by atoms with Crippen LogP contribution in [-0.2, 0) is 5.54 Å². The van der Waals surface area contributed by atoms with Crippen LogP contribution in [0.5, 0.6) is 5.75 Å². The first kappa shape index (κ1) is 14.4. The Morgan fingerprint density at radius 3 is 2.71 bits per heavy atom. The molecule has 0 unspecified atom stereocenters. The largest absolute Gasteiger partial charge is 0.492 e. The molecule has 1 aliphatic carbocycles. The van der Waals surface area contributed by atoms with Gasteiger partial charge in [-0.25, -0.2) is 0 Å².